The van der Waals surface area contributed by atoms with Crippen LogP contribution in [0.2, 0.25) is 25.7 Å². The van der Waals surface area contributed by atoms with Gasteiger partial charge in [0, 0.05) is 46.8 Å². The normalized spacial score (nSPS) is 32.7. The number of rotatable bonds is 10. The molecule has 0 aromatic heterocycles. The summed E-state index contributed by atoms with van der Waals surface area (Å²) < 4.78 is 29.9. The number of esters is 1. The molecular weight excluding hydrogens is 416 g/mol. The van der Waals surface area contributed by atoms with Gasteiger partial charge in [0.05, 0.1) is 24.4 Å². The van der Waals surface area contributed by atoms with Gasteiger partial charge in [-0.1, -0.05) is 26.1 Å². The second-order valence-corrected chi connectivity index (χ2v) is 16.3. The summed E-state index contributed by atoms with van der Waals surface area (Å²) in [6, 6.07) is 1.07. The van der Waals surface area contributed by atoms with Crippen LogP contribution in [-0.4, -0.2) is 68.9 Å². The Morgan fingerprint density at radius 1 is 1.13 bits per heavy atom. The lowest BCUT2D eigenvalue weighted by Gasteiger charge is -2.43. The van der Waals surface area contributed by atoms with Crippen LogP contribution in [0, 0.1) is 0 Å². The molecule has 4 atom stereocenters. The third kappa shape index (κ3) is 6.98. The van der Waals surface area contributed by atoms with Gasteiger partial charge >= 0.3 is 5.97 Å². The highest BCUT2D eigenvalue weighted by molar-refractivity contribution is 6.76. The average Bonchev–Trinajstić information content (AvgIpc) is 3.04. The smallest absolute Gasteiger partial charge is 0.305 e. The molecule has 0 radical (unpaired) electrons. The van der Waals surface area contributed by atoms with Crippen LogP contribution in [-0.2, 0) is 28.5 Å². The van der Waals surface area contributed by atoms with Gasteiger partial charge < -0.3 is 28.8 Å². The van der Waals surface area contributed by atoms with Crippen molar-refractivity contribution in [2.24, 2.45) is 0 Å². The van der Waals surface area contributed by atoms with E-state index in [1.807, 2.05) is 0 Å². The van der Waals surface area contributed by atoms with Crippen LogP contribution >= 0.6 is 0 Å². The molecule has 1 N–H and O–H groups in total. The van der Waals surface area contributed by atoms with Crippen LogP contribution in [0.15, 0.2) is 0 Å². The van der Waals surface area contributed by atoms with Crippen molar-refractivity contribution in [3.05, 3.63) is 0 Å². The number of hydrogen-bond donors (Lipinski definition) is 1. The van der Waals surface area contributed by atoms with Crippen LogP contribution < -0.4 is 0 Å². The monoisotopic (exact) mass is 458 g/mol. The maximum Gasteiger partial charge on any atom is 0.305 e. The zero-order valence-corrected chi connectivity index (χ0v) is 20.8. The Labute approximate surface area is 188 Å². The Morgan fingerprint density at radius 2 is 1.87 bits per heavy atom. The highest BCUT2D eigenvalue weighted by Crippen LogP contribution is 2.48. The van der Waals surface area contributed by atoms with Crippen molar-refractivity contribution in [2.75, 3.05) is 20.0 Å². The van der Waals surface area contributed by atoms with Gasteiger partial charge in [0.2, 0.25) is 0 Å². The molecule has 2 saturated carbocycles. The lowest BCUT2D eigenvalue weighted by atomic mass is 9.77. The van der Waals surface area contributed by atoms with Crippen LogP contribution in [0.25, 0.3) is 0 Å². The van der Waals surface area contributed by atoms with Gasteiger partial charge in [-0.05, 0) is 32.2 Å². The zero-order chi connectivity index (χ0) is 22.5. The Balaban J connectivity index is 1.63. The number of aliphatic hydroxyl groups excluding tert-OH is 1. The van der Waals surface area contributed by atoms with Gasteiger partial charge in [0.1, 0.15) is 12.9 Å². The summed E-state index contributed by atoms with van der Waals surface area (Å²) in [6.07, 6.45) is 5.60. The number of ether oxygens (including phenoxy) is 5. The van der Waals surface area contributed by atoms with Crippen LogP contribution in [0.5, 0.6) is 0 Å². The standard InChI is InChI=1S/C23H42O7Si/c1-5-27-20(25)9-12-22(28-17-26-13-14-31(2,3)4)15-18(24)21-19(16-22)29-23(30-21)10-7-6-8-11-23/h18-19,21,24H,5-17H2,1-4H3/t18-,19-,21+,22-/m1/s1. The first-order chi connectivity index (χ1) is 14.7. The van der Waals surface area contributed by atoms with E-state index in [0.29, 0.717) is 32.5 Å². The van der Waals surface area contributed by atoms with Gasteiger partial charge in [-0.3, -0.25) is 4.79 Å². The van der Waals surface area contributed by atoms with E-state index in [9.17, 15) is 9.90 Å². The summed E-state index contributed by atoms with van der Waals surface area (Å²) in [6.45, 7) is 9.93. The maximum absolute atomic E-state index is 12.0. The number of carbonyl (C=O) groups is 1. The highest BCUT2D eigenvalue weighted by Gasteiger charge is 2.57. The summed E-state index contributed by atoms with van der Waals surface area (Å²) in [5.41, 5.74) is -0.684. The van der Waals surface area contributed by atoms with Crippen LogP contribution in [0.1, 0.15) is 64.7 Å². The van der Waals surface area contributed by atoms with E-state index in [0.717, 1.165) is 31.7 Å². The van der Waals surface area contributed by atoms with E-state index in [1.165, 1.54) is 6.42 Å². The molecule has 1 spiro atoms. The first-order valence-electron chi connectivity index (χ1n) is 12.1. The minimum Gasteiger partial charge on any atom is -0.466 e. The molecule has 31 heavy (non-hydrogen) atoms. The van der Waals surface area contributed by atoms with E-state index >= 15 is 0 Å². The molecule has 180 valence electrons. The largest absolute Gasteiger partial charge is 0.466 e. The zero-order valence-electron chi connectivity index (χ0n) is 19.8. The maximum atomic E-state index is 12.0. The van der Waals surface area contributed by atoms with Gasteiger partial charge in [0.25, 0.3) is 0 Å². The Hall–Kier alpha value is -0.513. The number of aliphatic hydroxyl groups is 1. The first-order valence-corrected chi connectivity index (χ1v) is 15.8. The highest BCUT2D eigenvalue weighted by atomic mass is 28.3. The fourth-order valence-corrected chi connectivity index (χ4v) is 5.77. The predicted molar refractivity (Wildman–Crippen MR) is 119 cm³/mol. The first kappa shape index (κ1) is 25.1. The average molecular weight is 459 g/mol. The summed E-state index contributed by atoms with van der Waals surface area (Å²) >= 11 is 0. The van der Waals surface area contributed by atoms with E-state index in [2.05, 4.69) is 19.6 Å². The molecule has 3 aliphatic rings. The molecule has 0 amide bonds. The topological polar surface area (TPSA) is 83.5 Å². The molecule has 0 aromatic rings. The van der Waals surface area contributed by atoms with Crippen molar-refractivity contribution < 1.29 is 33.6 Å². The molecule has 1 saturated heterocycles. The molecule has 3 rings (SSSR count). The van der Waals surface area contributed by atoms with E-state index in [1.54, 1.807) is 6.92 Å². The summed E-state index contributed by atoms with van der Waals surface area (Å²) in [5.74, 6) is -0.798. The van der Waals surface area contributed by atoms with Crippen molar-refractivity contribution in [3.63, 3.8) is 0 Å². The minimum absolute atomic E-state index is 0.156. The van der Waals surface area contributed by atoms with Gasteiger partial charge in [-0.15, -0.1) is 0 Å². The van der Waals surface area contributed by atoms with Gasteiger partial charge in [-0.25, -0.2) is 0 Å². The molecule has 0 unspecified atom stereocenters. The van der Waals surface area contributed by atoms with Crippen molar-refractivity contribution in [1.29, 1.82) is 0 Å². The minimum atomic E-state index is -1.17. The van der Waals surface area contributed by atoms with Crippen molar-refractivity contribution in [1.82, 2.24) is 0 Å². The summed E-state index contributed by atoms with van der Waals surface area (Å²) in [5, 5.41) is 11.0. The Morgan fingerprint density at radius 3 is 2.55 bits per heavy atom. The fraction of sp³-hybridized carbons (Fsp3) is 0.957. The second-order valence-electron chi connectivity index (χ2n) is 10.7. The molecule has 8 heteroatoms. The summed E-state index contributed by atoms with van der Waals surface area (Å²) in [7, 11) is -1.17. The molecule has 2 aliphatic carbocycles. The Bertz CT molecular complexity index is 587. The van der Waals surface area contributed by atoms with Gasteiger partial charge in [0.15, 0.2) is 5.79 Å². The second kappa shape index (κ2) is 10.6. The molecule has 1 aliphatic heterocycles. The van der Waals surface area contributed by atoms with Crippen molar-refractivity contribution >= 4 is 14.0 Å². The third-order valence-corrected chi connectivity index (χ3v) is 8.47. The molecular formula is C23H42O7Si. The quantitative estimate of drug-likeness (QED) is 0.229. The van der Waals surface area contributed by atoms with E-state index in [-0.39, 0.29) is 31.4 Å². The lowest BCUT2D eigenvalue weighted by molar-refractivity contribution is -0.198. The van der Waals surface area contributed by atoms with Crippen LogP contribution in [0.4, 0.5) is 0 Å². The number of hydrogen-bond acceptors (Lipinski definition) is 7. The number of carbonyl (C=O) groups excluding carboxylic acids is 1. The molecule has 0 aromatic carbocycles. The SMILES string of the molecule is CCOC(=O)CC[C@@]1(OCOCC[Si](C)(C)C)C[C@@H](O)[C@@H]2OC3(CCCCC3)O[C@@H]2C1. The fourth-order valence-electron chi connectivity index (χ4n) is 5.01. The third-order valence-electron chi connectivity index (χ3n) is 6.77. The van der Waals surface area contributed by atoms with Crippen molar-refractivity contribution in [2.45, 2.75) is 120 Å². The number of fused-ring (bicyclic) bond motifs is 1. The van der Waals surface area contributed by atoms with Crippen LogP contribution in [0.3, 0.4) is 0 Å². The van der Waals surface area contributed by atoms with E-state index in [4.69, 9.17) is 23.7 Å². The summed E-state index contributed by atoms with van der Waals surface area (Å²) in [4.78, 5) is 12.0. The Kier molecular flexibility index (Phi) is 8.60. The molecule has 3 fully saturated rings. The lowest BCUT2D eigenvalue weighted by Crippen LogP contribution is -2.53. The van der Waals surface area contributed by atoms with E-state index < -0.39 is 25.6 Å². The molecule has 0 bridgehead atoms. The van der Waals surface area contributed by atoms with Gasteiger partial charge in [-0.2, -0.15) is 0 Å². The molecule has 1 heterocycles. The van der Waals surface area contributed by atoms with Crippen molar-refractivity contribution in [3.8, 4) is 0 Å². The predicted octanol–water partition coefficient (Wildman–Crippen LogP) is 4.00. The molecule has 7 nitrogen and oxygen atoms in total.